The monoisotopic (exact) mass is 502 g/mol. The van der Waals surface area contributed by atoms with E-state index in [0.717, 1.165) is 5.56 Å². The minimum atomic E-state index is -0.790. The number of rotatable bonds is 6. The lowest BCUT2D eigenvalue weighted by Crippen LogP contribution is -2.34. The third kappa shape index (κ3) is 4.33. The van der Waals surface area contributed by atoms with Gasteiger partial charge >= 0.3 is 0 Å². The lowest BCUT2D eigenvalue weighted by Gasteiger charge is -2.23. The van der Waals surface area contributed by atoms with Gasteiger partial charge in [0.2, 0.25) is 0 Å². The van der Waals surface area contributed by atoms with Gasteiger partial charge in [-0.2, -0.15) is 5.10 Å². The van der Waals surface area contributed by atoms with Crippen molar-refractivity contribution in [2.75, 3.05) is 12.1 Å². The van der Waals surface area contributed by atoms with Crippen molar-refractivity contribution >= 4 is 17.3 Å². The first-order chi connectivity index (χ1) is 17.8. The van der Waals surface area contributed by atoms with E-state index >= 15 is 0 Å². The summed E-state index contributed by atoms with van der Waals surface area (Å²) in [6, 6.07) is 18.2. The number of hydrogen-bond acceptors (Lipinski definition) is 4. The van der Waals surface area contributed by atoms with Crippen LogP contribution in [0.3, 0.4) is 0 Å². The Kier molecular flexibility index (Phi) is 6.20. The van der Waals surface area contributed by atoms with Gasteiger partial charge in [0.15, 0.2) is 0 Å². The molecule has 0 saturated heterocycles. The molecule has 37 heavy (non-hydrogen) atoms. The first-order valence-corrected chi connectivity index (χ1v) is 11.6. The lowest BCUT2D eigenvalue weighted by molar-refractivity contribution is -0.120. The molecule has 1 aliphatic rings. The second kappa shape index (κ2) is 9.50. The number of hydrogen-bond donors (Lipinski definition) is 1. The molecule has 0 spiro atoms. The van der Waals surface area contributed by atoms with Gasteiger partial charge in [0.25, 0.3) is 11.5 Å². The van der Waals surface area contributed by atoms with Gasteiger partial charge in [-0.1, -0.05) is 12.1 Å². The Balaban J connectivity index is 1.64. The van der Waals surface area contributed by atoms with Crippen molar-refractivity contribution in [3.05, 3.63) is 112 Å². The summed E-state index contributed by atoms with van der Waals surface area (Å²) in [6.07, 6.45) is 0. The Morgan fingerprint density at radius 2 is 1.43 bits per heavy atom. The van der Waals surface area contributed by atoms with Crippen LogP contribution >= 0.6 is 0 Å². The van der Waals surface area contributed by atoms with Crippen LogP contribution < -0.4 is 15.3 Å². The van der Waals surface area contributed by atoms with E-state index in [1.165, 1.54) is 58.2 Å². The van der Waals surface area contributed by atoms with Crippen LogP contribution in [-0.2, 0) is 4.79 Å². The molecule has 1 amide bonds. The Hall–Kier alpha value is -4.53. The van der Waals surface area contributed by atoms with Crippen molar-refractivity contribution in [1.29, 1.82) is 0 Å². The zero-order valence-electron chi connectivity index (χ0n) is 20.4. The highest BCUT2D eigenvalue weighted by Crippen LogP contribution is 2.39. The van der Waals surface area contributed by atoms with E-state index in [2.05, 4.69) is 10.2 Å². The second-order valence-corrected chi connectivity index (χ2v) is 8.86. The van der Waals surface area contributed by atoms with Gasteiger partial charge in [-0.15, -0.1) is 0 Å². The molecule has 188 valence electrons. The molecule has 9 heteroatoms. The quantitative estimate of drug-likeness (QED) is 0.406. The molecule has 2 atom stereocenters. The predicted molar refractivity (Wildman–Crippen MR) is 136 cm³/mol. The summed E-state index contributed by atoms with van der Waals surface area (Å²) in [4.78, 5) is 27.6. The summed E-state index contributed by atoms with van der Waals surface area (Å²) in [7, 11) is 1.56. The van der Waals surface area contributed by atoms with E-state index in [-0.39, 0.29) is 11.5 Å². The lowest BCUT2D eigenvalue weighted by atomic mass is 9.78. The highest BCUT2D eigenvalue weighted by molar-refractivity contribution is 6.15. The summed E-state index contributed by atoms with van der Waals surface area (Å²) < 4.78 is 33.6. The summed E-state index contributed by atoms with van der Waals surface area (Å²) in [6.45, 7) is 3.50. The van der Waals surface area contributed by atoms with Gasteiger partial charge in [-0.3, -0.25) is 14.7 Å². The van der Waals surface area contributed by atoms with Gasteiger partial charge in [0, 0.05) is 22.9 Å². The fourth-order valence-corrected chi connectivity index (χ4v) is 4.77. The number of nitrogens with zero attached hydrogens (tertiary/aromatic N) is 3. The fraction of sp³-hybridized carbons (Fsp3) is 0.179. The molecule has 1 aliphatic heterocycles. The highest BCUT2D eigenvalue weighted by Gasteiger charge is 2.43. The molecule has 0 radical (unpaired) electrons. The van der Waals surface area contributed by atoms with Crippen LogP contribution in [-0.4, -0.2) is 28.5 Å². The average molecular weight is 503 g/mol. The number of amides is 1. The number of hydrazone groups is 1. The number of aromatic nitrogens is 2. The number of carbonyl (C=O) groups is 1. The molecule has 0 aliphatic carbocycles. The van der Waals surface area contributed by atoms with Crippen LogP contribution in [0.25, 0.3) is 5.69 Å². The van der Waals surface area contributed by atoms with Crippen LogP contribution in [0.5, 0.6) is 5.75 Å². The van der Waals surface area contributed by atoms with Crippen molar-refractivity contribution < 1.29 is 18.3 Å². The number of ether oxygens (including phenoxy) is 1. The fourth-order valence-electron chi connectivity index (χ4n) is 4.77. The van der Waals surface area contributed by atoms with E-state index in [9.17, 15) is 18.4 Å². The average Bonchev–Trinajstić information content (AvgIpc) is 3.36. The number of benzene rings is 3. The van der Waals surface area contributed by atoms with E-state index in [0.29, 0.717) is 34.1 Å². The standard InChI is InChI=1S/C28H24F2N4O3/c1-16-24(27(35)33(31-16)21-10-6-19(29)7-11-21)26(18-4-14-23(37-3)15-5-18)25-17(2)32-34(28(25)36)22-12-8-20(30)9-13-22/h4-15,24,26,32H,1-3H3. The second-order valence-electron chi connectivity index (χ2n) is 8.86. The molecule has 2 unspecified atom stereocenters. The maximum Gasteiger partial charge on any atom is 0.275 e. The van der Waals surface area contributed by atoms with Crippen LogP contribution in [0.15, 0.2) is 82.7 Å². The van der Waals surface area contributed by atoms with E-state index in [4.69, 9.17) is 4.74 Å². The summed E-state index contributed by atoms with van der Waals surface area (Å²) in [5.74, 6) is -2.01. The molecule has 2 heterocycles. The van der Waals surface area contributed by atoms with Gasteiger partial charge in [-0.25, -0.2) is 18.5 Å². The van der Waals surface area contributed by atoms with Gasteiger partial charge in [0.05, 0.1) is 24.4 Å². The van der Waals surface area contributed by atoms with Crippen molar-refractivity contribution in [2.45, 2.75) is 19.8 Å². The summed E-state index contributed by atoms with van der Waals surface area (Å²) in [5, 5.41) is 8.80. The first-order valence-electron chi connectivity index (χ1n) is 11.6. The molecular weight excluding hydrogens is 478 g/mol. The predicted octanol–water partition coefficient (Wildman–Crippen LogP) is 4.93. The third-order valence-corrected chi connectivity index (χ3v) is 6.57. The maximum atomic E-state index is 13.8. The molecule has 1 aromatic heterocycles. The largest absolute Gasteiger partial charge is 0.497 e. The molecule has 3 aromatic carbocycles. The number of carbonyl (C=O) groups excluding carboxylic acids is 1. The molecule has 1 N–H and O–H groups in total. The Bertz CT molecular complexity index is 1540. The van der Waals surface area contributed by atoms with Crippen molar-refractivity contribution in [3.63, 3.8) is 0 Å². The van der Waals surface area contributed by atoms with Crippen LogP contribution in [0, 0.1) is 24.5 Å². The van der Waals surface area contributed by atoms with Gasteiger partial charge < -0.3 is 4.74 Å². The van der Waals surface area contributed by atoms with Crippen molar-refractivity contribution in [2.24, 2.45) is 11.0 Å². The Morgan fingerprint density at radius 1 is 0.865 bits per heavy atom. The number of H-pyrrole nitrogens is 1. The van der Waals surface area contributed by atoms with Gasteiger partial charge in [-0.05, 0) is 80.1 Å². The zero-order chi connectivity index (χ0) is 26.3. The number of aromatic amines is 1. The van der Waals surface area contributed by atoms with E-state index in [1.807, 2.05) is 12.1 Å². The number of aryl methyl sites for hydroxylation is 1. The van der Waals surface area contributed by atoms with Crippen LogP contribution in [0.2, 0.25) is 0 Å². The third-order valence-electron chi connectivity index (χ3n) is 6.57. The Labute approximate surface area is 211 Å². The Morgan fingerprint density at radius 3 is 2.00 bits per heavy atom. The van der Waals surface area contributed by atoms with Crippen LogP contribution in [0.4, 0.5) is 14.5 Å². The normalized spacial score (nSPS) is 16.1. The minimum Gasteiger partial charge on any atom is -0.497 e. The molecule has 7 nitrogen and oxygen atoms in total. The number of nitrogens with one attached hydrogen (secondary N) is 1. The minimum absolute atomic E-state index is 0.335. The topological polar surface area (TPSA) is 79.7 Å². The number of methoxy groups -OCH3 is 1. The van der Waals surface area contributed by atoms with Gasteiger partial charge in [0.1, 0.15) is 17.4 Å². The number of anilines is 1. The molecule has 5 rings (SSSR count). The van der Waals surface area contributed by atoms with Crippen LogP contribution in [0.1, 0.15) is 29.7 Å². The van der Waals surface area contributed by atoms with E-state index < -0.39 is 23.5 Å². The zero-order valence-corrected chi connectivity index (χ0v) is 20.4. The van der Waals surface area contributed by atoms with E-state index in [1.54, 1.807) is 33.1 Å². The number of halogens is 2. The van der Waals surface area contributed by atoms with Crippen molar-refractivity contribution in [1.82, 2.24) is 9.78 Å². The molecule has 0 saturated carbocycles. The molecule has 0 bridgehead atoms. The smallest absolute Gasteiger partial charge is 0.275 e. The molecule has 4 aromatic rings. The molecular formula is C28H24F2N4O3. The summed E-state index contributed by atoms with van der Waals surface area (Å²) in [5.41, 5.74) is 2.73. The van der Waals surface area contributed by atoms with Crippen molar-refractivity contribution in [3.8, 4) is 11.4 Å². The summed E-state index contributed by atoms with van der Waals surface area (Å²) >= 11 is 0. The molecule has 0 fully saturated rings. The highest BCUT2D eigenvalue weighted by atomic mass is 19.1. The maximum absolute atomic E-state index is 13.8. The first kappa shape index (κ1) is 24.2. The SMILES string of the molecule is COc1ccc(C(c2c(C)[nH]n(-c3ccc(F)cc3)c2=O)C2C(=O)N(c3ccc(F)cc3)N=C2C)cc1.